The van der Waals surface area contributed by atoms with E-state index in [-0.39, 0.29) is 0 Å². The van der Waals surface area contributed by atoms with Gasteiger partial charge in [-0.15, -0.1) is 0 Å². The number of methoxy groups -OCH3 is 1. The Hall–Kier alpha value is -3.24. The Bertz CT molecular complexity index is 1040. The first-order chi connectivity index (χ1) is 18.1. The van der Waals surface area contributed by atoms with Crippen LogP contribution in [-0.2, 0) is 27.4 Å². The lowest BCUT2D eigenvalue weighted by Crippen LogP contribution is -2.50. The van der Waals surface area contributed by atoms with E-state index in [0.29, 0.717) is 18.1 Å². The number of likely N-dealkylation sites (tertiary alicyclic amines) is 2. The topological polar surface area (TPSA) is 129 Å². The predicted octanol–water partition coefficient (Wildman–Crippen LogP) is 3.37. The zero-order valence-electron chi connectivity index (χ0n) is 20.9. The van der Waals surface area contributed by atoms with Crippen molar-refractivity contribution < 1.29 is 55.4 Å². The molecule has 2 aromatic rings. The van der Waals surface area contributed by atoms with Crippen molar-refractivity contribution in [3.63, 3.8) is 0 Å². The molecule has 2 aliphatic heterocycles. The smallest absolute Gasteiger partial charge is 0.475 e. The number of pyridine rings is 1. The van der Waals surface area contributed by atoms with E-state index in [1.807, 2.05) is 38.6 Å². The summed E-state index contributed by atoms with van der Waals surface area (Å²) in [5.74, 6) is -4.09. The lowest BCUT2D eigenvalue weighted by Gasteiger charge is -2.40. The molecule has 4 heterocycles. The highest BCUT2D eigenvalue weighted by atomic mass is 19.4. The van der Waals surface area contributed by atoms with Crippen molar-refractivity contribution in [2.24, 2.45) is 5.92 Å². The van der Waals surface area contributed by atoms with Crippen LogP contribution in [0.15, 0.2) is 35.1 Å². The lowest BCUT2D eigenvalue weighted by molar-refractivity contribution is -0.193. The molecule has 0 aliphatic carbocycles. The third-order valence-electron chi connectivity index (χ3n) is 6.01. The van der Waals surface area contributed by atoms with Gasteiger partial charge in [-0.05, 0) is 25.0 Å². The molecule has 39 heavy (non-hydrogen) atoms. The molecule has 0 unspecified atom stereocenters. The molecule has 0 spiro atoms. The average Bonchev–Trinajstić information content (AvgIpc) is 3.45. The quantitative estimate of drug-likeness (QED) is 0.517. The van der Waals surface area contributed by atoms with Crippen molar-refractivity contribution in [2.45, 2.75) is 50.9 Å². The van der Waals surface area contributed by atoms with Crippen molar-refractivity contribution in [1.29, 1.82) is 0 Å². The number of rotatable bonds is 5. The minimum Gasteiger partial charge on any atom is -0.475 e. The van der Waals surface area contributed by atoms with Gasteiger partial charge >= 0.3 is 24.3 Å². The Balaban J connectivity index is 0.000000317. The normalized spacial score (nSPS) is 21.7. The highest BCUT2D eigenvalue weighted by Crippen LogP contribution is 2.34. The molecule has 16 heteroatoms. The van der Waals surface area contributed by atoms with E-state index < -0.39 is 24.3 Å². The van der Waals surface area contributed by atoms with Crippen LogP contribution in [0.25, 0.3) is 0 Å². The first-order valence-electron chi connectivity index (χ1n) is 11.5. The second kappa shape index (κ2) is 13.7. The first kappa shape index (κ1) is 32.0. The molecule has 0 amide bonds. The predicted molar refractivity (Wildman–Crippen MR) is 121 cm³/mol. The molecule has 2 fully saturated rings. The molecule has 3 atom stereocenters. The van der Waals surface area contributed by atoms with Crippen LogP contribution >= 0.6 is 0 Å². The van der Waals surface area contributed by atoms with Gasteiger partial charge in [0.15, 0.2) is 0 Å². The number of ether oxygens (including phenoxy) is 1. The summed E-state index contributed by atoms with van der Waals surface area (Å²) in [6.45, 7) is 6.94. The summed E-state index contributed by atoms with van der Waals surface area (Å²) in [7, 11) is 1.85. The van der Waals surface area contributed by atoms with E-state index in [9.17, 15) is 26.3 Å². The standard InChI is InChI=1S/C19H26N4O2.2C2HF3O2/c1-14-8-16(21-25-14)11-23-7-5-19(24-2)17-12-22(13-18(17)23)10-15-4-3-6-20-9-15;2*3-2(4,5)1(6)7/h3-4,6,8-9,17-19H,5,7,10-13H2,1-2H3;2*(H,6,7)/t17-,18+,19-;;/m0../s1. The van der Waals surface area contributed by atoms with Crippen LogP contribution in [0, 0.1) is 12.8 Å². The van der Waals surface area contributed by atoms with Crippen LogP contribution < -0.4 is 0 Å². The second-order valence-electron chi connectivity index (χ2n) is 8.85. The van der Waals surface area contributed by atoms with Gasteiger partial charge in [-0.1, -0.05) is 11.2 Å². The SMILES string of the molecule is CO[C@H]1CCN(Cc2cc(C)on2)[C@@H]2CN(Cc3cccnc3)C[C@H]12.O=C(O)C(F)(F)F.O=C(O)C(F)(F)F. The minimum atomic E-state index is -5.08. The van der Waals surface area contributed by atoms with Crippen LogP contribution in [0.3, 0.4) is 0 Å². The van der Waals surface area contributed by atoms with E-state index >= 15 is 0 Å². The second-order valence-corrected chi connectivity index (χ2v) is 8.85. The number of aryl methyl sites for hydroxylation is 1. The van der Waals surface area contributed by atoms with Gasteiger partial charge in [-0.3, -0.25) is 14.8 Å². The van der Waals surface area contributed by atoms with Crippen LogP contribution in [0.1, 0.15) is 23.4 Å². The molecular weight excluding hydrogens is 542 g/mol. The summed E-state index contributed by atoms with van der Waals surface area (Å²) in [5, 5.41) is 18.4. The number of piperidine rings is 1. The molecule has 2 saturated heterocycles. The van der Waals surface area contributed by atoms with E-state index in [0.717, 1.165) is 50.6 Å². The summed E-state index contributed by atoms with van der Waals surface area (Å²) in [6.07, 6.45) is -4.95. The van der Waals surface area contributed by atoms with Crippen LogP contribution in [0.4, 0.5) is 26.3 Å². The number of carboxylic acid groups (broad SMARTS) is 2. The molecule has 0 saturated carbocycles. The fourth-order valence-electron chi connectivity index (χ4n) is 4.39. The van der Waals surface area contributed by atoms with Crippen molar-refractivity contribution in [1.82, 2.24) is 19.9 Å². The monoisotopic (exact) mass is 570 g/mol. The number of fused-ring (bicyclic) bond motifs is 1. The number of hydrogen-bond donors (Lipinski definition) is 2. The maximum absolute atomic E-state index is 10.6. The molecule has 2 aromatic heterocycles. The van der Waals surface area contributed by atoms with Crippen LogP contribution in [0.5, 0.6) is 0 Å². The summed E-state index contributed by atoms with van der Waals surface area (Å²) >= 11 is 0. The van der Waals surface area contributed by atoms with Gasteiger partial charge in [-0.2, -0.15) is 26.3 Å². The maximum atomic E-state index is 10.6. The van der Waals surface area contributed by atoms with E-state index in [4.69, 9.17) is 29.1 Å². The average molecular weight is 570 g/mol. The van der Waals surface area contributed by atoms with Crippen molar-refractivity contribution in [3.05, 3.63) is 47.6 Å². The fraction of sp³-hybridized carbons (Fsp3) is 0.565. The number of alkyl halides is 6. The minimum absolute atomic E-state index is 0.346. The molecule has 0 bridgehead atoms. The number of nitrogens with zero attached hydrogens (tertiary/aromatic N) is 4. The van der Waals surface area contributed by atoms with Gasteiger partial charge in [0.2, 0.25) is 0 Å². The Morgan fingerprint density at radius 1 is 1.10 bits per heavy atom. The van der Waals surface area contributed by atoms with Crippen LogP contribution in [0.2, 0.25) is 0 Å². The molecular formula is C23H28F6N4O6. The molecule has 0 aromatic carbocycles. The van der Waals surface area contributed by atoms with E-state index in [2.05, 4.69) is 26.0 Å². The number of aliphatic carboxylic acids is 2. The molecule has 0 radical (unpaired) electrons. The van der Waals surface area contributed by atoms with E-state index in [1.54, 1.807) is 0 Å². The van der Waals surface area contributed by atoms with Crippen molar-refractivity contribution in [2.75, 3.05) is 26.7 Å². The fourth-order valence-corrected chi connectivity index (χ4v) is 4.39. The van der Waals surface area contributed by atoms with Crippen molar-refractivity contribution >= 4 is 11.9 Å². The van der Waals surface area contributed by atoms with Gasteiger partial charge in [-0.25, -0.2) is 9.59 Å². The van der Waals surface area contributed by atoms with Gasteiger partial charge in [0.1, 0.15) is 5.76 Å². The third kappa shape index (κ3) is 10.1. The third-order valence-corrected chi connectivity index (χ3v) is 6.01. The molecule has 218 valence electrons. The largest absolute Gasteiger partial charge is 0.490 e. The molecule has 2 aliphatic rings. The molecule has 4 rings (SSSR count). The number of halogens is 6. The summed E-state index contributed by atoms with van der Waals surface area (Å²) < 4.78 is 74.5. The lowest BCUT2D eigenvalue weighted by atomic mass is 9.89. The number of hydrogen-bond acceptors (Lipinski definition) is 8. The zero-order valence-corrected chi connectivity index (χ0v) is 20.9. The number of carboxylic acids is 2. The number of carbonyl (C=O) groups is 2. The molecule has 2 N–H and O–H groups in total. The van der Waals surface area contributed by atoms with Gasteiger partial charge < -0.3 is 19.5 Å². The summed E-state index contributed by atoms with van der Waals surface area (Å²) in [6, 6.07) is 6.71. The first-order valence-corrected chi connectivity index (χ1v) is 11.5. The Labute approximate surface area is 219 Å². The Morgan fingerprint density at radius 3 is 2.18 bits per heavy atom. The van der Waals surface area contributed by atoms with Crippen molar-refractivity contribution in [3.8, 4) is 0 Å². The highest BCUT2D eigenvalue weighted by Gasteiger charge is 2.44. The van der Waals surface area contributed by atoms with Crippen LogP contribution in [-0.4, -0.2) is 93.3 Å². The zero-order chi connectivity index (χ0) is 29.4. The van der Waals surface area contributed by atoms with Gasteiger partial charge in [0.05, 0.1) is 11.8 Å². The summed E-state index contributed by atoms with van der Waals surface area (Å²) in [5.41, 5.74) is 2.30. The Morgan fingerprint density at radius 2 is 1.72 bits per heavy atom. The molecule has 10 nitrogen and oxygen atoms in total. The maximum Gasteiger partial charge on any atom is 0.490 e. The van der Waals surface area contributed by atoms with Gasteiger partial charge in [0, 0.05) is 70.3 Å². The number of aromatic nitrogens is 2. The highest BCUT2D eigenvalue weighted by molar-refractivity contribution is 5.73. The van der Waals surface area contributed by atoms with E-state index in [1.165, 1.54) is 5.56 Å². The Kier molecular flexibility index (Phi) is 11.2. The summed E-state index contributed by atoms with van der Waals surface area (Å²) in [4.78, 5) is 27.1. The van der Waals surface area contributed by atoms with Gasteiger partial charge in [0.25, 0.3) is 0 Å².